The molecule has 0 saturated heterocycles. The van der Waals surface area contributed by atoms with Gasteiger partial charge in [0.2, 0.25) is 6.41 Å². The summed E-state index contributed by atoms with van der Waals surface area (Å²) < 4.78 is 0. The number of aromatic nitrogens is 2. The molecule has 1 aromatic heterocycles. The van der Waals surface area contributed by atoms with Gasteiger partial charge in [0.25, 0.3) is 0 Å². The highest BCUT2D eigenvalue weighted by atomic mass is 35.5. The summed E-state index contributed by atoms with van der Waals surface area (Å²) in [5, 5.41) is 10.0. The van der Waals surface area contributed by atoms with E-state index in [0.717, 1.165) is 4.91 Å². The van der Waals surface area contributed by atoms with E-state index in [0.29, 0.717) is 58.5 Å². The molecule has 2 rings (SSSR count). The Morgan fingerprint density at radius 2 is 2.00 bits per heavy atom. The fraction of sp³-hybridized carbons (Fsp3) is 0.333. The zero-order valence-electron chi connectivity index (χ0n) is 17.0. The van der Waals surface area contributed by atoms with Crippen molar-refractivity contribution in [3.05, 3.63) is 63.0 Å². The van der Waals surface area contributed by atoms with Crippen molar-refractivity contribution in [3.63, 3.8) is 0 Å². The molecule has 9 heteroatoms. The average molecular weight is 449 g/mol. The number of Topliss-reactive ketones (excluding diaryl/α,β-unsaturated/α-hetero) is 1. The fourth-order valence-electron chi connectivity index (χ4n) is 2.72. The minimum Gasteiger partial charge on any atom is -0.396 e. The summed E-state index contributed by atoms with van der Waals surface area (Å²) in [6.07, 6.45) is 3.03. The van der Waals surface area contributed by atoms with Gasteiger partial charge in [-0.2, -0.15) is 0 Å². The third-order valence-electron chi connectivity index (χ3n) is 4.43. The van der Waals surface area contributed by atoms with Gasteiger partial charge in [-0.25, -0.2) is 9.97 Å². The van der Waals surface area contributed by atoms with Crippen molar-refractivity contribution in [2.75, 3.05) is 18.1 Å². The van der Waals surface area contributed by atoms with Gasteiger partial charge in [0.05, 0.1) is 6.54 Å². The van der Waals surface area contributed by atoms with E-state index in [-0.39, 0.29) is 18.9 Å². The summed E-state index contributed by atoms with van der Waals surface area (Å²) in [6, 6.07) is 6.78. The molecule has 160 valence electrons. The van der Waals surface area contributed by atoms with E-state index in [9.17, 15) is 14.7 Å². The first-order valence-electron chi connectivity index (χ1n) is 9.37. The number of aliphatic hydroxyl groups excluding tert-OH is 1. The molecule has 0 unspecified atom stereocenters. The Morgan fingerprint density at radius 3 is 2.60 bits per heavy atom. The number of allylic oxidation sites excluding steroid dienone is 1. The molecule has 0 atom stereocenters. The van der Waals surface area contributed by atoms with Crippen LogP contribution < -0.4 is 5.73 Å². The minimum absolute atomic E-state index is 0.0111. The van der Waals surface area contributed by atoms with Gasteiger partial charge in [-0.05, 0) is 38.1 Å². The number of halogens is 1. The molecular formula is C21H25ClN4O3S. The molecular weight excluding hydrogens is 424 g/mol. The van der Waals surface area contributed by atoms with Crippen LogP contribution in [0.2, 0.25) is 5.02 Å². The monoisotopic (exact) mass is 448 g/mol. The van der Waals surface area contributed by atoms with Gasteiger partial charge in [-0.15, -0.1) is 11.8 Å². The van der Waals surface area contributed by atoms with Crippen LogP contribution >= 0.6 is 23.4 Å². The number of nitrogens with two attached hydrogens (primary N) is 1. The summed E-state index contributed by atoms with van der Waals surface area (Å²) in [5.41, 5.74) is 7.88. The van der Waals surface area contributed by atoms with Crippen LogP contribution in [0.15, 0.2) is 41.1 Å². The van der Waals surface area contributed by atoms with E-state index in [1.807, 2.05) is 0 Å². The lowest BCUT2D eigenvalue weighted by Crippen LogP contribution is -2.22. The number of aryl methyl sites for hydroxylation is 1. The maximum atomic E-state index is 12.3. The Hall–Kier alpha value is -2.42. The quantitative estimate of drug-likeness (QED) is 0.399. The SMILES string of the molecule is C/C(=C(/CCO)SCCC(=O)c1ccc(Cl)cc1)N(C=O)Cc1cnc(C)nc1N. The zero-order chi connectivity index (χ0) is 22.1. The van der Waals surface area contributed by atoms with E-state index in [4.69, 9.17) is 17.3 Å². The highest BCUT2D eigenvalue weighted by molar-refractivity contribution is 8.03. The number of ketones is 1. The Bertz CT molecular complexity index is 919. The highest BCUT2D eigenvalue weighted by Gasteiger charge is 2.15. The maximum Gasteiger partial charge on any atom is 0.214 e. The molecule has 0 aliphatic rings. The summed E-state index contributed by atoms with van der Waals surface area (Å²) >= 11 is 7.31. The average Bonchev–Trinajstić information content (AvgIpc) is 2.72. The topological polar surface area (TPSA) is 109 Å². The third-order valence-corrected chi connectivity index (χ3v) is 5.94. The lowest BCUT2D eigenvalue weighted by atomic mass is 10.1. The van der Waals surface area contributed by atoms with Crippen LogP contribution in [0.5, 0.6) is 0 Å². The van der Waals surface area contributed by atoms with Crippen LogP contribution in [-0.4, -0.2) is 44.5 Å². The number of hydrogen-bond acceptors (Lipinski definition) is 7. The molecule has 0 spiro atoms. The molecule has 0 bridgehead atoms. The largest absolute Gasteiger partial charge is 0.396 e. The van der Waals surface area contributed by atoms with Crippen molar-refractivity contribution in [2.45, 2.75) is 33.2 Å². The molecule has 3 N–H and O–H groups in total. The number of nitrogens with zero attached hydrogens (tertiary/aromatic N) is 3. The van der Waals surface area contributed by atoms with Gasteiger partial charge in [-0.3, -0.25) is 9.59 Å². The van der Waals surface area contributed by atoms with Crippen LogP contribution in [0.4, 0.5) is 5.82 Å². The molecule has 0 fully saturated rings. The predicted molar refractivity (Wildman–Crippen MR) is 120 cm³/mol. The van der Waals surface area contributed by atoms with Crippen molar-refractivity contribution in [1.29, 1.82) is 0 Å². The molecule has 0 aliphatic carbocycles. The Labute approximate surface area is 185 Å². The Kier molecular flexibility index (Phi) is 9.29. The number of benzene rings is 1. The van der Waals surface area contributed by atoms with Gasteiger partial charge < -0.3 is 15.7 Å². The summed E-state index contributed by atoms with van der Waals surface area (Å²) in [6.45, 7) is 3.71. The Morgan fingerprint density at radius 1 is 1.30 bits per heavy atom. The van der Waals surface area contributed by atoms with E-state index in [1.165, 1.54) is 16.7 Å². The fourth-order valence-corrected chi connectivity index (χ4v) is 3.94. The Balaban J connectivity index is 2.07. The molecule has 1 heterocycles. The number of rotatable bonds is 11. The number of carbonyl (C=O) groups excluding carboxylic acids is 2. The number of thioether (sulfide) groups is 1. The smallest absolute Gasteiger partial charge is 0.214 e. The van der Waals surface area contributed by atoms with Gasteiger partial charge in [0, 0.05) is 58.1 Å². The minimum atomic E-state index is -0.0622. The number of nitrogen functional groups attached to an aromatic ring is 1. The van der Waals surface area contributed by atoms with Crippen molar-refractivity contribution in [2.24, 2.45) is 0 Å². The number of carbonyl (C=O) groups is 2. The van der Waals surface area contributed by atoms with E-state index >= 15 is 0 Å². The van der Waals surface area contributed by atoms with Crippen molar-refractivity contribution < 1.29 is 14.7 Å². The number of anilines is 1. The van der Waals surface area contributed by atoms with Gasteiger partial charge in [-0.1, -0.05) is 11.6 Å². The predicted octanol–water partition coefficient (Wildman–Crippen LogP) is 3.60. The molecule has 7 nitrogen and oxygen atoms in total. The van der Waals surface area contributed by atoms with E-state index in [2.05, 4.69) is 9.97 Å². The zero-order valence-corrected chi connectivity index (χ0v) is 18.5. The second-order valence-corrected chi connectivity index (χ2v) is 8.20. The summed E-state index contributed by atoms with van der Waals surface area (Å²) in [4.78, 5) is 34.6. The van der Waals surface area contributed by atoms with E-state index < -0.39 is 0 Å². The molecule has 30 heavy (non-hydrogen) atoms. The lowest BCUT2D eigenvalue weighted by molar-refractivity contribution is -0.116. The molecule has 1 aromatic carbocycles. The number of amides is 1. The maximum absolute atomic E-state index is 12.3. The second kappa shape index (κ2) is 11.7. The third kappa shape index (κ3) is 6.83. The second-order valence-electron chi connectivity index (χ2n) is 6.57. The van der Waals surface area contributed by atoms with Gasteiger partial charge in [0.1, 0.15) is 11.6 Å². The van der Waals surface area contributed by atoms with Crippen LogP contribution in [-0.2, 0) is 11.3 Å². The van der Waals surface area contributed by atoms with Crippen LogP contribution in [0.1, 0.15) is 41.5 Å². The highest BCUT2D eigenvalue weighted by Crippen LogP contribution is 2.27. The van der Waals surface area contributed by atoms with Crippen molar-refractivity contribution in [3.8, 4) is 0 Å². The van der Waals surface area contributed by atoms with Crippen LogP contribution in [0.25, 0.3) is 0 Å². The summed E-state index contributed by atoms with van der Waals surface area (Å²) in [7, 11) is 0. The molecule has 0 radical (unpaired) electrons. The number of hydrogen-bond donors (Lipinski definition) is 2. The molecule has 0 saturated carbocycles. The van der Waals surface area contributed by atoms with Gasteiger partial charge >= 0.3 is 0 Å². The number of aliphatic hydroxyl groups is 1. The van der Waals surface area contributed by atoms with Crippen LogP contribution in [0, 0.1) is 6.92 Å². The van der Waals surface area contributed by atoms with Crippen molar-refractivity contribution in [1.82, 2.24) is 14.9 Å². The lowest BCUT2D eigenvalue weighted by Gasteiger charge is -2.22. The van der Waals surface area contributed by atoms with Gasteiger partial charge in [0.15, 0.2) is 5.78 Å². The normalized spacial score (nSPS) is 11.7. The first-order valence-corrected chi connectivity index (χ1v) is 10.7. The standard InChI is InChI=1S/C21H25ClN4O3S/c1-14(26(13-28)12-17-11-24-15(2)25-21(17)23)20(7-9-27)30-10-8-19(29)16-3-5-18(22)6-4-16/h3-6,11,13,27H,7-10,12H2,1-2H3,(H2,23,24,25)/b20-14+. The first kappa shape index (κ1) is 23.9. The molecule has 1 amide bonds. The molecule has 2 aromatic rings. The van der Waals surface area contributed by atoms with Crippen molar-refractivity contribution >= 4 is 41.4 Å². The van der Waals surface area contributed by atoms with Crippen LogP contribution in [0.3, 0.4) is 0 Å². The summed E-state index contributed by atoms with van der Waals surface area (Å²) in [5.74, 6) is 1.42. The van der Waals surface area contributed by atoms with E-state index in [1.54, 1.807) is 44.3 Å². The molecule has 0 aliphatic heterocycles. The first-order chi connectivity index (χ1) is 14.3.